The second-order valence-corrected chi connectivity index (χ2v) is 5.63. The van der Waals surface area contributed by atoms with Crippen molar-refractivity contribution in [3.63, 3.8) is 0 Å². The molecule has 0 bridgehead atoms. The van der Waals surface area contributed by atoms with Crippen LogP contribution < -0.4 is 10.4 Å². The first-order valence-electron chi connectivity index (χ1n) is 7.30. The number of hydrogen-bond donors (Lipinski definition) is 4. The van der Waals surface area contributed by atoms with Gasteiger partial charge in [0.1, 0.15) is 5.52 Å². The minimum Gasteiger partial charge on any atom is -0.394 e. The SMILES string of the molecule is CN1CCN(c2nc3c([nH]2)c(=N)ncn3CC(O)CO)CC1.Cl.Cl. The largest absolute Gasteiger partial charge is 0.394 e. The maximum Gasteiger partial charge on any atom is 0.205 e. The predicted octanol–water partition coefficient (Wildman–Crippen LogP) is -0.813. The molecule has 3 heterocycles. The first kappa shape index (κ1) is 20.7. The highest BCUT2D eigenvalue weighted by molar-refractivity contribution is 5.85. The predicted molar refractivity (Wildman–Crippen MR) is 95.0 cm³/mol. The van der Waals surface area contributed by atoms with Crippen molar-refractivity contribution >= 4 is 41.9 Å². The molecular formula is C13H23Cl2N7O2. The zero-order chi connectivity index (χ0) is 15.7. The number of anilines is 1. The minimum atomic E-state index is -0.879. The monoisotopic (exact) mass is 379 g/mol. The van der Waals surface area contributed by atoms with Crippen LogP contribution in [0.5, 0.6) is 0 Å². The lowest BCUT2D eigenvalue weighted by Gasteiger charge is -2.31. The number of nitrogens with zero attached hydrogens (tertiary/aromatic N) is 5. The molecule has 3 rings (SSSR count). The summed E-state index contributed by atoms with van der Waals surface area (Å²) < 4.78 is 1.66. The van der Waals surface area contributed by atoms with Gasteiger partial charge < -0.3 is 29.6 Å². The summed E-state index contributed by atoms with van der Waals surface area (Å²) in [6.07, 6.45) is 0.591. The van der Waals surface area contributed by atoms with Crippen molar-refractivity contribution < 1.29 is 10.2 Å². The number of aromatic nitrogens is 4. The van der Waals surface area contributed by atoms with Crippen LogP contribution in [0.2, 0.25) is 0 Å². The summed E-state index contributed by atoms with van der Waals surface area (Å²) in [6.45, 7) is 3.53. The van der Waals surface area contributed by atoms with Gasteiger partial charge in [-0.3, -0.25) is 5.41 Å². The van der Waals surface area contributed by atoms with Crippen molar-refractivity contribution in [1.82, 2.24) is 24.4 Å². The highest BCUT2D eigenvalue weighted by Crippen LogP contribution is 2.16. The number of hydrogen-bond acceptors (Lipinski definition) is 7. The molecule has 4 N–H and O–H groups in total. The molecule has 2 aromatic rings. The Hall–Kier alpha value is -1.39. The van der Waals surface area contributed by atoms with Crippen molar-refractivity contribution in [2.75, 3.05) is 44.7 Å². The number of nitrogens with one attached hydrogen (secondary N) is 2. The molecular weight excluding hydrogens is 357 g/mol. The Kier molecular flexibility index (Phi) is 7.43. The van der Waals surface area contributed by atoms with E-state index in [9.17, 15) is 5.11 Å². The van der Waals surface area contributed by atoms with Gasteiger partial charge in [-0.2, -0.15) is 4.98 Å². The van der Waals surface area contributed by atoms with Gasteiger partial charge in [0.15, 0.2) is 11.1 Å². The fraction of sp³-hybridized carbons (Fsp3) is 0.615. The molecule has 0 aromatic carbocycles. The van der Waals surface area contributed by atoms with Crippen LogP contribution in [-0.2, 0) is 6.54 Å². The van der Waals surface area contributed by atoms with Crippen molar-refractivity contribution in [3.05, 3.63) is 11.8 Å². The Bertz CT molecular complexity index is 712. The van der Waals surface area contributed by atoms with Crippen LogP contribution in [-0.4, -0.2) is 80.6 Å². The van der Waals surface area contributed by atoms with Crippen LogP contribution in [0.25, 0.3) is 11.2 Å². The molecule has 11 heteroatoms. The Morgan fingerprint density at radius 3 is 2.58 bits per heavy atom. The van der Waals surface area contributed by atoms with Gasteiger partial charge in [0.2, 0.25) is 5.95 Å². The minimum absolute atomic E-state index is 0. The molecule has 2 aromatic heterocycles. The number of imidazole rings is 1. The Morgan fingerprint density at radius 1 is 1.29 bits per heavy atom. The summed E-state index contributed by atoms with van der Waals surface area (Å²) in [5.74, 6) is 0.719. The van der Waals surface area contributed by atoms with Gasteiger partial charge >= 0.3 is 0 Å². The number of rotatable bonds is 4. The van der Waals surface area contributed by atoms with Gasteiger partial charge in [0.25, 0.3) is 0 Å². The maximum absolute atomic E-state index is 9.63. The van der Waals surface area contributed by atoms with E-state index >= 15 is 0 Å². The zero-order valence-corrected chi connectivity index (χ0v) is 15.0. The van der Waals surface area contributed by atoms with Crippen LogP contribution in [0.4, 0.5) is 5.95 Å². The molecule has 9 nitrogen and oxygen atoms in total. The highest BCUT2D eigenvalue weighted by Gasteiger charge is 2.19. The third-order valence-electron chi connectivity index (χ3n) is 3.93. The summed E-state index contributed by atoms with van der Waals surface area (Å²) in [6, 6.07) is 0. The first-order chi connectivity index (χ1) is 10.6. The summed E-state index contributed by atoms with van der Waals surface area (Å²) in [7, 11) is 2.09. The molecule has 1 saturated heterocycles. The van der Waals surface area contributed by atoms with Crippen molar-refractivity contribution in [3.8, 4) is 0 Å². The van der Waals surface area contributed by atoms with Crippen LogP contribution in [0.3, 0.4) is 0 Å². The molecule has 0 saturated carbocycles. The average Bonchev–Trinajstić information content (AvgIpc) is 2.97. The molecule has 1 aliphatic heterocycles. The Labute approximate surface area is 151 Å². The van der Waals surface area contributed by atoms with E-state index in [-0.39, 0.29) is 43.5 Å². The van der Waals surface area contributed by atoms with Crippen LogP contribution >= 0.6 is 24.8 Å². The van der Waals surface area contributed by atoms with E-state index in [1.165, 1.54) is 6.33 Å². The number of halogens is 2. The molecule has 0 radical (unpaired) electrons. The van der Waals surface area contributed by atoms with E-state index in [1.807, 2.05) is 0 Å². The summed E-state index contributed by atoms with van der Waals surface area (Å²) >= 11 is 0. The van der Waals surface area contributed by atoms with Crippen LogP contribution in [0, 0.1) is 5.41 Å². The second-order valence-electron chi connectivity index (χ2n) is 5.63. The molecule has 0 aliphatic carbocycles. The standard InChI is InChI=1S/C13H21N7O2.2ClH/c1-18-2-4-19(5-3-18)13-16-10-11(14)15-8-20(12(10)17-13)6-9(22)7-21;;/h8-9,14,21-22H,2-7H2,1H3,(H,16,17);2*1H. The van der Waals surface area contributed by atoms with Gasteiger partial charge in [0, 0.05) is 26.2 Å². The zero-order valence-electron chi connectivity index (χ0n) is 13.3. The number of likely N-dealkylation sites (N-methyl/N-ethyl adjacent to an activating group) is 1. The number of aliphatic hydroxyl groups is 2. The number of aliphatic hydroxyl groups excluding tert-OH is 2. The fourth-order valence-corrected chi connectivity index (χ4v) is 2.56. The lowest BCUT2D eigenvalue weighted by Crippen LogP contribution is -2.44. The summed E-state index contributed by atoms with van der Waals surface area (Å²) in [5, 5.41) is 26.5. The van der Waals surface area contributed by atoms with E-state index in [2.05, 4.69) is 31.8 Å². The summed E-state index contributed by atoms with van der Waals surface area (Å²) in [4.78, 5) is 16.1. The lowest BCUT2D eigenvalue weighted by atomic mass is 10.3. The van der Waals surface area contributed by atoms with Crippen molar-refractivity contribution in [2.45, 2.75) is 12.6 Å². The van der Waals surface area contributed by atoms with Gasteiger partial charge in [-0.1, -0.05) is 0 Å². The summed E-state index contributed by atoms with van der Waals surface area (Å²) in [5.41, 5.74) is 1.24. The van der Waals surface area contributed by atoms with Crippen molar-refractivity contribution in [2.24, 2.45) is 0 Å². The topological polar surface area (TPSA) is 117 Å². The number of piperazine rings is 1. The molecule has 24 heavy (non-hydrogen) atoms. The second kappa shape index (κ2) is 8.63. The Morgan fingerprint density at radius 2 is 1.96 bits per heavy atom. The molecule has 1 unspecified atom stereocenters. The van der Waals surface area contributed by atoms with Gasteiger partial charge in [-0.25, -0.2) is 4.98 Å². The molecule has 1 aliphatic rings. The van der Waals surface area contributed by atoms with Gasteiger partial charge in [0.05, 0.1) is 25.6 Å². The smallest absolute Gasteiger partial charge is 0.205 e. The molecule has 136 valence electrons. The van der Waals surface area contributed by atoms with E-state index in [0.29, 0.717) is 11.2 Å². The van der Waals surface area contributed by atoms with Gasteiger partial charge in [-0.05, 0) is 7.05 Å². The third-order valence-corrected chi connectivity index (χ3v) is 3.93. The molecule has 0 spiro atoms. The van der Waals surface area contributed by atoms with Crippen molar-refractivity contribution in [1.29, 1.82) is 5.41 Å². The third kappa shape index (κ3) is 4.17. The lowest BCUT2D eigenvalue weighted by molar-refractivity contribution is 0.0817. The number of fused-ring (bicyclic) bond motifs is 1. The molecule has 0 amide bonds. The number of aromatic amines is 1. The van der Waals surface area contributed by atoms with E-state index < -0.39 is 6.10 Å². The van der Waals surface area contributed by atoms with E-state index in [1.54, 1.807) is 4.57 Å². The fourth-order valence-electron chi connectivity index (χ4n) is 2.56. The van der Waals surface area contributed by atoms with Gasteiger partial charge in [-0.15, -0.1) is 24.8 Å². The average molecular weight is 380 g/mol. The first-order valence-corrected chi connectivity index (χ1v) is 7.30. The molecule has 1 fully saturated rings. The van der Waals surface area contributed by atoms with E-state index in [4.69, 9.17) is 10.5 Å². The number of H-pyrrole nitrogens is 1. The normalized spacial score (nSPS) is 16.5. The highest BCUT2D eigenvalue weighted by atomic mass is 35.5. The quantitative estimate of drug-likeness (QED) is 0.551. The Balaban J connectivity index is 0.00000144. The maximum atomic E-state index is 9.63. The van der Waals surface area contributed by atoms with Crippen LogP contribution in [0.15, 0.2) is 6.33 Å². The van der Waals surface area contributed by atoms with Crippen LogP contribution in [0.1, 0.15) is 0 Å². The molecule has 1 atom stereocenters. The van der Waals surface area contributed by atoms with E-state index in [0.717, 1.165) is 32.1 Å².